The molecule has 0 radical (unpaired) electrons. The molecule has 6 heteroatoms. The van der Waals surface area contributed by atoms with Crippen molar-refractivity contribution in [2.75, 3.05) is 5.32 Å². The molecule has 0 aliphatic rings. The molecule has 1 N–H and O–H groups in total. The number of rotatable bonds is 5. The highest BCUT2D eigenvalue weighted by atomic mass is 19.1. The first-order valence-corrected chi connectivity index (χ1v) is 8.04. The smallest absolute Gasteiger partial charge is 0.261 e. The van der Waals surface area contributed by atoms with Crippen molar-refractivity contribution in [1.82, 2.24) is 0 Å². The van der Waals surface area contributed by atoms with Crippen molar-refractivity contribution in [3.63, 3.8) is 0 Å². The van der Waals surface area contributed by atoms with E-state index in [-0.39, 0.29) is 6.61 Å². The minimum Gasteiger partial charge on any atom is -0.489 e. The van der Waals surface area contributed by atoms with Crippen LogP contribution in [0, 0.1) is 23.0 Å². The Labute approximate surface area is 154 Å². The Kier molecular flexibility index (Phi) is 5.43. The van der Waals surface area contributed by atoms with Crippen LogP contribution in [0.1, 0.15) is 21.5 Å². The van der Waals surface area contributed by atoms with Gasteiger partial charge >= 0.3 is 0 Å². The molecule has 0 atom stereocenters. The second-order valence-electron chi connectivity index (χ2n) is 5.68. The lowest BCUT2D eigenvalue weighted by Crippen LogP contribution is -2.15. The maximum absolute atomic E-state index is 13.7. The van der Waals surface area contributed by atoms with Gasteiger partial charge in [0.1, 0.15) is 29.6 Å². The molecule has 1 amide bonds. The molecule has 3 rings (SSSR count). The lowest BCUT2D eigenvalue weighted by Gasteiger charge is -2.10. The zero-order valence-corrected chi connectivity index (χ0v) is 14.1. The molecule has 3 aromatic rings. The second-order valence-corrected chi connectivity index (χ2v) is 5.68. The molecule has 3 aromatic carbocycles. The van der Waals surface area contributed by atoms with Crippen molar-refractivity contribution in [3.8, 4) is 11.8 Å². The normalized spacial score (nSPS) is 10.1. The van der Waals surface area contributed by atoms with E-state index in [4.69, 9.17) is 10.00 Å². The van der Waals surface area contributed by atoms with Crippen molar-refractivity contribution in [1.29, 1.82) is 5.26 Å². The first-order valence-electron chi connectivity index (χ1n) is 8.04. The van der Waals surface area contributed by atoms with Gasteiger partial charge in [0.25, 0.3) is 5.91 Å². The number of hydrogen-bond donors (Lipinski definition) is 1. The van der Waals surface area contributed by atoms with Gasteiger partial charge < -0.3 is 10.1 Å². The van der Waals surface area contributed by atoms with Crippen LogP contribution in [0.2, 0.25) is 0 Å². The van der Waals surface area contributed by atoms with Crippen molar-refractivity contribution < 1.29 is 18.3 Å². The van der Waals surface area contributed by atoms with E-state index in [1.807, 2.05) is 6.07 Å². The van der Waals surface area contributed by atoms with Gasteiger partial charge in [0.05, 0.1) is 11.6 Å². The van der Waals surface area contributed by atoms with E-state index in [1.165, 1.54) is 6.07 Å². The predicted octanol–water partition coefficient (Wildman–Crippen LogP) is 4.67. The van der Waals surface area contributed by atoms with Gasteiger partial charge in [0.2, 0.25) is 0 Å². The highest BCUT2D eigenvalue weighted by Gasteiger charge is 2.17. The predicted molar refractivity (Wildman–Crippen MR) is 96.2 cm³/mol. The van der Waals surface area contributed by atoms with Gasteiger partial charge in [-0.05, 0) is 42.0 Å². The molecule has 0 unspecified atom stereocenters. The van der Waals surface area contributed by atoms with Crippen LogP contribution in [-0.2, 0) is 6.61 Å². The number of ether oxygens (including phenoxy) is 1. The van der Waals surface area contributed by atoms with E-state index in [2.05, 4.69) is 11.4 Å². The molecule has 0 heterocycles. The number of carbonyl (C=O) groups excluding carboxylic acids is 1. The summed E-state index contributed by atoms with van der Waals surface area (Å²) in [6.07, 6.45) is 0. The summed E-state index contributed by atoms with van der Waals surface area (Å²) in [5.41, 5.74) is 1.05. The number of benzene rings is 3. The zero-order valence-electron chi connectivity index (χ0n) is 14.1. The molecule has 0 saturated carbocycles. The number of nitrogens with one attached hydrogen (secondary N) is 1. The lowest BCUT2D eigenvalue weighted by atomic mass is 10.1. The molecule has 0 spiro atoms. The fraction of sp³-hybridized carbons (Fsp3) is 0.0476. The quantitative estimate of drug-likeness (QED) is 0.716. The molecule has 4 nitrogen and oxygen atoms in total. The second kappa shape index (κ2) is 8.11. The SMILES string of the molecule is N#Cc1cccc(COc2cccc(NC(=O)c3c(F)cccc3F)c2)c1. The molecule has 27 heavy (non-hydrogen) atoms. The average molecular weight is 364 g/mol. The van der Waals surface area contributed by atoms with Crippen LogP contribution in [0.25, 0.3) is 0 Å². The van der Waals surface area contributed by atoms with E-state index in [1.54, 1.807) is 42.5 Å². The monoisotopic (exact) mass is 364 g/mol. The standard InChI is InChI=1S/C21H14F2N2O2/c22-18-8-3-9-19(23)20(18)21(26)25-16-6-2-7-17(11-16)27-13-15-5-1-4-14(10-15)12-24/h1-11H,13H2,(H,25,26). The Morgan fingerprint density at radius 2 is 1.70 bits per heavy atom. The third kappa shape index (κ3) is 4.47. The van der Waals surface area contributed by atoms with Crippen molar-refractivity contribution in [2.45, 2.75) is 6.61 Å². The fourth-order valence-electron chi connectivity index (χ4n) is 2.47. The average Bonchev–Trinajstić information content (AvgIpc) is 2.67. The largest absolute Gasteiger partial charge is 0.489 e. The first-order chi connectivity index (χ1) is 13.1. The zero-order chi connectivity index (χ0) is 19.2. The Morgan fingerprint density at radius 3 is 2.44 bits per heavy atom. The lowest BCUT2D eigenvalue weighted by molar-refractivity contribution is 0.101. The molecule has 0 fully saturated rings. The number of hydrogen-bond acceptors (Lipinski definition) is 3. The third-order valence-electron chi connectivity index (χ3n) is 3.74. The van der Waals surface area contributed by atoms with Crippen LogP contribution in [0.5, 0.6) is 5.75 Å². The molecule has 0 bridgehead atoms. The first kappa shape index (κ1) is 18.1. The summed E-state index contributed by atoms with van der Waals surface area (Å²) in [7, 11) is 0. The Balaban J connectivity index is 1.70. The summed E-state index contributed by atoms with van der Waals surface area (Å²) in [6, 6.07) is 18.8. The minimum absolute atomic E-state index is 0.231. The number of anilines is 1. The number of nitrogens with zero attached hydrogens (tertiary/aromatic N) is 1. The van der Waals surface area contributed by atoms with E-state index < -0.39 is 23.1 Å². The van der Waals surface area contributed by atoms with Crippen LogP contribution >= 0.6 is 0 Å². The Morgan fingerprint density at radius 1 is 1.00 bits per heavy atom. The van der Waals surface area contributed by atoms with Gasteiger partial charge in [-0.3, -0.25) is 4.79 Å². The van der Waals surface area contributed by atoms with E-state index in [9.17, 15) is 13.6 Å². The number of nitriles is 1. The van der Waals surface area contributed by atoms with Gasteiger partial charge in [0.15, 0.2) is 0 Å². The van der Waals surface area contributed by atoms with Crippen molar-refractivity contribution in [2.24, 2.45) is 0 Å². The summed E-state index contributed by atoms with van der Waals surface area (Å²) < 4.78 is 33.1. The number of carbonyl (C=O) groups is 1. The van der Waals surface area contributed by atoms with Crippen LogP contribution in [0.4, 0.5) is 14.5 Å². The van der Waals surface area contributed by atoms with Gasteiger partial charge in [-0.25, -0.2) is 8.78 Å². The molecule has 0 aromatic heterocycles. The maximum atomic E-state index is 13.7. The van der Waals surface area contributed by atoms with Gasteiger partial charge in [-0.15, -0.1) is 0 Å². The molecule has 0 aliphatic carbocycles. The van der Waals surface area contributed by atoms with Crippen molar-refractivity contribution in [3.05, 3.63) is 95.1 Å². The summed E-state index contributed by atoms with van der Waals surface area (Å²) in [5.74, 6) is -2.29. The van der Waals surface area contributed by atoms with Gasteiger partial charge in [-0.1, -0.05) is 24.3 Å². The molecular formula is C21H14F2N2O2. The third-order valence-corrected chi connectivity index (χ3v) is 3.74. The van der Waals surface area contributed by atoms with E-state index >= 15 is 0 Å². The highest BCUT2D eigenvalue weighted by molar-refractivity contribution is 6.04. The minimum atomic E-state index is -0.933. The molecule has 0 saturated heterocycles. The van der Waals surface area contributed by atoms with Gasteiger partial charge in [-0.2, -0.15) is 5.26 Å². The van der Waals surface area contributed by atoms with Crippen LogP contribution in [0.3, 0.4) is 0 Å². The summed E-state index contributed by atoms with van der Waals surface area (Å²) >= 11 is 0. The summed E-state index contributed by atoms with van der Waals surface area (Å²) in [6.45, 7) is 0.231. The Bertz CT molecular complexity index is 1010. The van der Waals surface area contributed by atoms with Crippen LogP contribution in [-0.4, -0.2) is 5.91 Å². The summed E-state index contributed by atoms with van der Waals surface area (Å²) in [4.78, 5) is 12.2. The summed E-state index contributed by atoms with van der Waals surface area (Å²) in [5, 5.41) is 11.4. The van der Waals surface area contributed by atoms with Gasteiger partial charge in [0, 0.05) is 11.8 Å². The fourth-order valence-corrected chi connectivity index (χ4v) is 2.47. The number of amides is 1. The number of halogens is 2. The molecule has 134 valence electrons. The van der Waals surface area contributed by atoms with Crippen molar-refractivity contribution >= 4 is 11.6 Å². The highest BCUT2D eigenvalue weighted by Crippen LogP contribution is 2.21. The van der Waals surface area contributed by atoms with Crippen LogP contribution < -0.4 is 10.1 Å². The molecular weight excluding hydrogens is 350 g/mol. The molecule has 0 aliphatic heterocycles. The van der Waals surface area contributed by atoms with E-state index in [0.29, 0.717) is 17.0 Å². The van der Waals surface area contributed by atoms with E-state index in [0.717, 1.165) is 17.7 Å². The maximum Gasteiger partial charge on any atom is 0.261 e. The topological polar surface area (TPSA) is 62.1 Å². The van der Waals surface area contributed by atoms with Crippen LogP contribution in [0.15, 0.2) is 66.7 Å². The Hall–Kier alpha value is -3.72.